The number of alkyl halides is 1. The Morgan fingerprint density at radius 3 is 2.05 bits per heavy atom. The third-order valence-electron chi connectivity index (χ3n) is 3.70. The molecule has 0 aliphatic rings. The van der Waals surface area contributed by atoms with Gasteiger partial charge in [0.05, 0.1) is 6.10 Å². The Morgan fingerprint density at radius 1 is 1.21 bits per heavy atom. The van der Waals surface area contributed by atoms with Crippen molar-refractivity contribution in [3.63, 3.8) is 0 Å². The van der Waals surface area contributed by atoms with Gasteiger partial charge in [0.25, 0.3) is 0 Å². The molecule has 5 heteroatoms. The van der Waals surface area contributed by atoms with E-state index in [0.29, 0.717) is 15.4 Å². The lowest BCUT2D eigenvalue weighted by atomic mass is 10.1. The first-order chi connectivity index (χ1) is 8.60. The molecule has 108 valence electrons. The largest absolute Gasteiger partial charge is 0.409 e. The van der Waals surface area contributed by atoms with Crippen molar-refractivity contribution in [2.24, 2.45) is 0 Å². The summed E-state index contributed by atoms with van der Waals surface area (Å²) in [6.45, 7) is 11.1. The van der Waals surface area contributed by atoms with Crippen molar-refractivity contribution in [2.45, 2.75) is 45.0 Å². The highest BCUT2D eigenvalue weighted by molar-refractivity contribution is 9.09. The predicted octanol–water partition coefficient (Wildman–Crippen LogP) is 6.45. The topological polar surface area (TPSA) is 9.23 Å². The monoisotopic (exact) mass is 382 g/mol. The summed E-state index contributed by atoms with van der Waals surface area (Å²) in [4.78, 5) is 0. The molecule has 0 bridgehead atoms. The summed E-state index contributed by atoms with van der Waals surface area (Å²) in [7, 11) is -1.86. The SMILES string of the molecule is CC(C)(C)[Si](C)(C)OC(CBr)c1c(Cl)cccc1Cl. The summed E-state index contributed by atoms with van der Waals surface area (Å²) in [5.41, 5.74) is 0.882. The van der Waals surface area contributed by atoms with E-state index in [1.807, 2.05) is 18.2 Å². The van der Waals surface area contributed by atoms with Gasteiger partial charge in [0.15, 0.2) is 8.32 Å². The summed E-state index contributed by atoms with van der Waals surface area (Å²) in [5.74, 6) is 0. The number of hydrogen-bond donors (Lipinski definition) is 0. The Hall–Kier alpha value is 0.457. The van der Waals surface area contributed by atoms with Crippen LogP contribution in [0.4, 0.5) is 0 Å². The molecule has 1 aromatic rings. The fourth-order valence-electron chi connectivity index (χ4n) is 1.52. The van der Waals surface area contributed by atoms with Crippen molar-refractivity contribution in [2.75, 3.05) is 5.33 Å². The van der Waals surface area contributed by atoms with Gasteiger partial charge in [-0.15, -0.1) is 0 Å². The van der Waals surface area contributed by atoms with E-state index in [1.54, 1.807) is 0 Å². The Balaban J connectivity index is 3.10. The van der Waals surface area contributed by atoms with Gasteiger partial charge >= 0.3 is 0 Å². The molecule has 1 unspecified atom stereocenters. The molecule has 1 aromatic carbocycles. The maximum absolute atomic E-state index is 6.42. The van der Waals surface area contributed by atoms with Gasteiger partial charge in [-0.2, -0.15) is 0 Å². The van der Waals surface area contributed by atoms with Crippen LogP contribution >= 0.6 is 39.1 Å². The van der Waals surface area contributed by atoms with Crippen LogP contribution in [0.5, 0.6) is 0 Å². The van der Waals surface area contributed by atoms with Crippen molar-refractivity contribution < 1.29 is 4.43 Å². The normalized spacial score (nSPS) is 14.5. The van der Waals surface area contributed by atoms with Crippen LogP contribution in [-0.4, -0.2) is 13.6 Å². The first kappa shape index (κ1) is 17.5. The van der Waals surface area contributed by atoms with Crippen LogP contribution in [-0.2, 0) is 4.43 Å². The summed E-state index contributed by atoms with van der Waals surface area (Å²) in [6.07, 6.45) is -0.109. The second-order valence-corrected chi connectivity index (χ2v) is 12.4. The zero-order chi connectivity index (χ0) is 14.8. The lowest BCUT2D eigenvalue weighted by Crippen LogP contribution is -2.42. The first-order valence-electron chi connectivity index (χ1n) is 6.28. The molecule has 1 nitrogen and oxygen atoms in total. The van der Waals surface area contributed by atoms with Crippen LogP contribution in [0.3, 0.4) is 0 Å². The third-order valence-corrected chi connectivity index (χ3v) is 9.44. The van der Waals surface area contributed by atoms with Crippen molar-refractivity contribution in [3.8, 4) is 0 Å². The Bertz CT molecular complexity index is 423. The molecule has 1 atom stereocenters. The average Bonchev–Trinajstić information content (AvgIpc) is 2.25. The number of halogens is 3. The van der Waals surface area contributed by atoms with Gasteiger partial charge in [-0.05, 0) is 30.3 Å². The van der Waals surface area contributed by atoms with E-state index in [-0.39, 0.29) is 11.1 Å². The smallest absolute Gasteiger partial charge is 0.192 e. The molecule has 0 radical (unpaired) electrons. The van der Waals surface area contributed by atoms with Crippen LogP contribution in [0.15, 0.2) is 18.2 Å². The molecule has 0 amide bonds. The summed E-state index contributed by atoms with van der Waals surface area (Å²) in [5, 5.41) is 2.16. The van der Waals surface area contributed by atoms with Crippen molar-refractivity contribution in [1.29, 1.82) is 0 Å². The highest BCUT2D eigenvalue weighted by atomic mass is 79.9. The molecule has 0 fully saturated rings. The van der Waals surface area contributed by atoms with Crippen LogP contribution in [0.2, 0.25) is 28.2 Å². The molecular formula is C14H21BrCl2OSi. The second-order valence-electron chi connectivity index (χ2n) is 6.16. The summed E-state index contributed by atoms with van der Waals surface area (Å²) >= 11 is 16.1. The highest BCUT2D eigenvalue weighted by Crippen LogP contribution is 2.42. The Morgan fingerprint density at radius 2 is 1.68 bits per heavy atom. The van der Waals surface area contributed by atoms with E-state index in [2.05, 4.69) is 49.8 Å². The van der Waals surface area contributed by atoms with Gasteiger partial charge in [-0.3, -0.25) is 0 Å². The molecule has 0 aliphatic carbocycles. The minimum Gasteiger partial charge on any atom is -0.409 e. The molecule has 0 spiro atoms. The minimum atomic E-state index is -1.86. The van der Waals surface area contributed by atoms with E-state index < -0.39 is 8.32 Å². The number of benzene rings is 1. The van der Waals surface area contributed by atoms with Gasteiger partial charge in [0.1, 0.15) is 0 Å². The van der Waals surface area contributed by atoms with Gasteiger partial charge < -0.3 is 4.43 Å². The summed E-state index contributed by atoms with van der Waals surface area (Å²) < 4.78 is 6.42. The molecule has 19 heavy (non-hydrogen) atoms. The van der Waals surface area contributed by atoms with Crippen LogP contribution in [0, 0.1) is 0 Å². The van der Waals surface area contributed by atoms with E-state index in [4.69, 9.17) is 27.6 Å². The lowest BCUT2D eigenvalue weighted by molar-refractivity contribution is 0.209. The molecule has 0 saturated carbocycles. The third kappa shape index (κ3) is 4.21. The van der Waals surface area contributed by atoms with E-state index in [0.717, 1.165) is 5.56 Å². The van der Waals surface area contributed by atoms with Crippen LogP contribution < -0.4 is 0 Å². The van der Waals surface area contributed by atoms with Crippen molar-refractivity contribution in [3.05, 3.63) is 33.8 Å². The van der Waals surface area contributed by atoms with Gasteiger partial charge in [0.2, 0.25) is 0 Å². The zero-order valence-corrected chi connectivity index (χ0v) is 16.2. The standard InChI is InChI=1S/C14H21BrCl2OSi/c1-14(2,3)19(4,5)18-12(9-15)13-10(16)7-6-8-11(13)17/h6-8,12H,9H2,1-5H3. The fourth-order valence-corrected chi connectivity index (χ4v) is 4.13. The summed E-state index contributed by atoms with van der Waals surface area (Å²) in [6, 6.07) is 5.56. The zero-order valence-electron chi connectivity index (χ0n) is 12.1. The van der Waals surface area contributed by atoms with Gasteiger partial charge in [-0.1, -0.05) is 66.0 Å². The molecule has 0 saturated heterocycles. The second kappa shape index (κ2) is 6.48. The molecule has 0 aromatic heterocycles. The quantitative estimate of drug-likeness (QED) is 0.428. The highest BCUT2D eigenvalue weighted by Gasteiger charge is 2.39. The maximum Gasteiger partial charge on any atom is 0.192 e. The van der Waals surface area contributed by atoms with Crippen LogP contribution in [0.25, 0.3) is 0 Å². The number of hydrogen-bond acceptors (Lipinski definition) is 1. The van der Waals surface area contributed by atoms with Crippen molar-refractivity contribution in [1.82, 2.24) is 0 Å². The fraction of sp³-hybridized carbons (Fsp3) is 0.571. The number of rotatable bonds is 4. The van der Waals surface area contributed by atoms with Gasteiger partial charge in [-0.25, -0.2) is 0 Å². The van der Waals surface area contributed by atoms with Crippen molar-refractivity contribution >= 4 is 47.4 Å². The predicted molar refractivity (Wildman–Crippen MR) is 91.3 cm³/mol. The van der Waals surface area contributed by atoms with E-state index in [1.165, 1.54) is 0 Å². The molecule has 1 rings (SSSR count). The lowest BCUT2D eigenvalue weighted by Gasteiger charge is -2.39. The first-order valence-corrected chi connectivity index (χ1v) is 11.1. The molecule has 0 heterocycles. The Kier molecular flexibility index (Phi) is 5.97. The van der Waals surface area contributed by atoms with Gasteiger partial charge in [0, 0.05) is 20.9 Å². The molecule has 0 aliphatic heterocycles. The molecule has 0 N–H and O–H groups in total. The van der Waals surface area contributed by atoms with E-state index in [9.17, 15) is 0 Å². The average molecular weight is 384 g/mol. The Labute approximate surface area is 135 Å². The minimum absolute atomic E-state index is 0.109. The maximum atomic E-state index is 6.42. The van der Waals surface area contributed by atoms with Crippen LogP contribution in [0.1, 0.15) is 32.4 Å². The van der Waals surface area contributed by atoms with E-state index >= 15 is 0 Å². The molecular weight excluding hydrogens is 363 g/mol.